The van der Waals surface area contributed by atoms with Gasteiger partial charge in [-0.15, -0.1) is 0 Å². The molecule has 0 aromatic rings. The smallest absolute Gasteiger partial charge is 0.316 e. The molecule has 3 atom stereocenters. The monoisotopic (exact) mass is 307 g/mol. The summed E-state index contributed by atoms with van der Waals surface area (Å²) in [4.78, 5) is 15.3. The van der Waals surface area contributed by atoms with Gasteiger partial charge >= 0.3 is 5.97 Å². The number of aliphatic hydroxyl groups is 1. The molecule has 0 amide bonds. The number of ether oxygens (including phenoxy) is 1. The average molecular weight is 307 g/mol. The van der Waals surface area contributed by atoms with Crippen LogP contribution in [0.15, 0.2) is 12.2 Å². The van der Waals surface area contributed by atoms with Crippen molar-refractivity contribution < 1.29 is 14.6 Å². The first kappa shape index (κ1) is 16.0. The molecule has 0 radical (unpaired) electrons. The lowest BCUT2D eigenvalue weighted by molar-refractivity contribution is -0.250. The number of piperidine rings is 1. The Bertz CT molecular complexity index is 477. The first-order valence-electron chi connectivity index (χ1n) is 8.80. The van der Waals surface area contributed by atoms with Gasteiger partial charge in [-0.25, -0.2) is 0 Å². The van der Waals surface area contributed by atoms with Crippen LogP contribution in [0.4, 0.5) is 0 Å². The summed E-state index contributed by atoms with van der Waals surface area (Å²) in [5.41, 5.74) is -1.89. The molecule has 1 saturated carbocycles. The van der Waals surface area contributed by atoms with Gasteiger partial charge in [0.1, 0.15) is 5.41 Å². The van der Waals surface area contributed by atoms with Crippen molar-refractivity contribution in [3.05, 3.63) is 12.2 Å². The summed E-state index contributed by atoms with van der Waals surface area (Å²) >= 11 is 0. The van der Waals surface area contributed by atoms with E-state index >= 15 is 0 Å². The molecule has 4 nitrogen and oxygen atoms in total. The topological polar surface area (TPSA) is 49.8 Å². The summed E-state index contributed by atoms with van der Waals surface area (Å²) in [5, 5.41) is 11.8. The zero-order valence-electron chi connectivity index (χ0n) is 13.9. The zero-order valence-corrected chi connectivity index (χ0v) is 13.9. The molecule has 124 valence electrons. The highest BCUT2D eigenvalue weighted by Crippen LogP contribution is 2.62. The van der Waals surface area contributed by atoms with Crippen molar-refractivity contribution in [3.63, 3.8) is 0 Å². The van der Waals surface area contributed by atoms with E-state index in [4.69, 9.17) is 4.74 Å². The third kappa shape index (κ3) is 2.00. The van der Waals surface area contributed by atoms with E-state index in [9.17, 15) is 9.90 Å². The van der Waals surface area contributed by atoms with Gasteiger partial charge in [-0.2, -0.15) is 0 Å². The Hall–Kier alpha value is -0.870. The molecule has 1 saturated heterocycles. The summed E-state index contributed by atoms with van der Waals surface area (Å²) in [5.74, 6) is -0.185. The van der Waals surface area contributed by atoms with Gasteiger partial charge in [0.15, 0.2) is 0 Å². The van der Waals surface area contributed by atoms with Crippen molar-refractivity contribution in [2.45, 2.75) is 58.0 Å². The summed E-state index contributed by atoms with van der Waals surface area (Å²) in [7, 11) is 0. The van der Waals surface area contributed by atoms with Crippen LogP contribution in [0.25, 0.3) is 0 Å². The molecule has 0 unspecified atom stereocenters. The van der Waals surface area contributed by atoms with E-state index < -0.39 is 11.0 Å². The highest BCUT2D eigenvalue weighted by molar-refractivity contribution is 5.80. The lowest BCUT2D eigenvalue weighted by Crippen LogP contribution is -2.74. The highest BCUT2D eigenvalue weighted by atomic mass is 16.5. The molecule has 3 aliphatic rings. The number of esters is 1. The molecule has 2 fully saturated rings. The SMILES string of the molecule is CCOC(=O)[C@@]12CCC[C@]3(CCC=CC[C@@]31O)CN(CC)C2. The third-order valence-electron chi connectivity index (χ3n) is 6.43. The van der Waals surface area contributed by atoms with Gasteiger partial charge in [-0.05, 0) is 45.6 Å². The summed E-state index contributed by atoms with van der Waals surface area (Å²) in [6.45, 7) is 6.84. The zero-order chi connectivity index (χ0) is 15.8. The fourth-order valence-corrected chi connectivity index (χ4v) is 5.32. The predicted octanol–water partition coefficient (Wildman–Crippen LogP) is 2.51. The van der Waals surface area contributed by atoms with E-state index in [1.165, 1.54) is 0 Å². The second kappa shape index (κ2) is 5.64. The van der Waals surface area contributed by atoms with Gasteiger partial charge < -0.3 is 14.7 Å². The van der Waals surface area contributed by atoms with E-state index in [0.717, 1.165) is 45.2 Å². The van der Waals surface area contributed by atoms with Crippen LogP contribution in [0.5, 0.6) is 0 Å². The number of hydrogen-bond acceptors (Lipinski definition) is 4. The third-order valence-corrected chi connectivity index (χ3v) is 6.43. The van der Waals surface area contributed by atoms with Crippen LogP contribution in [-0.4, -0.2) is 47.8 Å². The summed E-state index contributed by atoms with van der Waals surface area (Å²) < 4.78 is 5.45. The minimum Gasteiger partial charge on any atom is -0.465 e. The summed E-state index contributed by atoms with van der Waals surface area (Å²) in [6.07, 6.45) is 9.59. The van der Waals surface area contributed by atoms with E-state index in [1.54, 1.807) is 0 Å². The molecule has 0 aromatic heterocycles. The maximum Gasteiger partial charge on any atom is 0.316 e. The van der Waals surface area contributed by atoms with Crippen molar-refractivity contribution in [2.24, 2.45) is 10.8 Å². The van der Waals surface area contributed by atoms with Gasteiger partial charge in [-0.1, -0.05) is 25.5 Å². The minimum atomic E-state index is -0.955. The van der Waals surface area contributed by atoms with E-state index in [1.807, 2.05) is 6.92 Å². The minimum absolute atomic E-state index is 0.171. The Balaban J connectivity index is 2.10. The van der Waals surface area contributed by atoms with Crippen LogP contribution in [0.2, 0.25) is 0 Å². The van der Waals surface area contributed by atoms with Gasteiger partial charge in [0.05, 0.1) is 12.2 Å². The van der Waals surface area contributed by atoms with E-state index in [2.05, 4.69) is 24.0 Å². The van der Waals surface area contributed by atoms with Crippen molar-refractivity contribution in [1.82, 2.24) is 4.90 Å². The van der Waals surface area contributed by atoms with Crippen LogP contribution in [0, 0.1) is 10.8 Å². The first-order chi connectivity index (χ1) is 10.5. The molecule has 4 heteroatoms. The predicted molar refractivity (Wildman–Crippen MR) is 85.4 cm³/mol. The highest BCUT2D eigenvalue weighted by Gasteiger charge is 2.70. The Kier molecular flexibility index (Phi) is 4.11. The lowest BCUT2D eigenvalue weighted by Gasteiger charge is -2.64. The molecule has 2 aliphatic carbocycles. The fourth-order valence-electron chi connectivity index (χ4n) is 5.32. The number of nitrogens with zero attached hydrogens (tertiary/aromatic N) is 1. The van der Waals surface area contributed by atoms with Crippen molar-refractivity contribution in [1.29, 1.82) is 0 Å². The van der Waals surface area contributed by atoms with Crippen molar-refractivity contribution >= 4 is 5.97 Å². The number of allylic oxidation sites excluding steroid dienone is 1. The van der Waals surface area contributed by atoms with Gasteiger partial charge in [0.2, 0.25) is 0 Å². The molecule has 0 spiro atoms. The molecule has 3 rings (SSSR count). The molecule has 1 aliphatic heterocycles. The Morgan fingerprint density at radius 1 is 1.23 bits per heavy atom. The maximum atomic E-state index is 12.9. The molecule has 1 heterocycles. The fraction of sp³-hybridized carbons (Fsp3) is 0.833. The maximum absolute atomic E-state index is 12.9. The van der Waals surface area contributed by atoms with Gasteiger partial charge in [0.25, 0.3) is 0 Å². The van der Waals surface area contributed by atoms with Crippen LogP contribution in [0.3, 0.4) is 0 Å². The van der Waals surface area contributed by atoms with Crippen molar-refractivity contribution in [2.75, 3.05) is 26.2 Å². The molecular weight excluding hydrogens is 278 g/mol. The number of hydrogen-bond donors (Lipinski definition) is 1. The molecule has 2 bridgehead atoms. The Labute approximate surface area is 133 Å². The Morgan fingerprint density at radius 2 is 2.05 bits per heavy atom. The van der Waals surface area contributed by atoms with Crippen LogP contribution >= 0.6 is 0 Å². The van der Waals surface area contributed by atoms with Crippen LogP contribution < -0.4 is 0 Å². The van der Waals surface area contributed by atoms with Gasteiger partial charge in [-0.3, -0.25) is 4.79 Å². The van der Waals surface area contributed by atoms with Crippen LogP contribution in [0.1, 0.15) is 52.4 Å². The summed E-state index contributed by atoms with van der Waals surface area (Å²) in [6, 6.07) is 0. The first-order valence-corrected chi connectivity index (χ1v) is 8.80. The van der Waals surface area contributed by atoms with Crippen LogP contribution in [-0.2, 0) is 9.53 Å². The van der Waals surface area contributed by atoms with E-state index in [-0.39, 0.29) is 11.4 Å². The largest absolute Gasteiger partial charge is 0.465 e. The molecular formula is C18H29NO3. The van der Waals surface area contributed by atoms with Gasteiger partial charge in [0, 0.05) is 18.5 Å². The molecule has 0 aromatic carbocycles. The second-order valence-electron chi connectivity index (χ2n) is 7.31. The lowest BCUT2D eigenvalue weighted by atomic mass is 9.47. The normalized spacial score (nSPS) is 41.6. The van der Waals surface area contributed by atoms with E-state index in [0.29, 0.717) is 19.6 Å². The quantitative estimate of drug-likeness (QED) is 0.643. The number of likely N-dealkylation sites (tertiary alicyclic amines) is 1. The number of carbonyl (C=O) groups excluding carboxylic acids is 1. The number of carbonyl (C=O) groups is 1. The molecule has 22 heavy (non-hydrogen) atoms. The standard InChI is InChI=1S/C18H29NO3/c1-3-19-13-16-9-6-5-7-12-18(16,21)17(14-19,11-8-10-16)15(20)22-4-2/h5,7,21H,3-4,6,8-14H2,1-2H3/t16-,17+,18-/m1/s1. The molecule has 1 N–H and O–H groups in total. The number of rotatable bonds is 3. The second-order valence-corrected chi connectivity index (χ2v) is 7.31. The average Bonchev–Trinajstić information content (AvgIpc) is 2.66. The Morgan fingerprint density at radius 3 is 2.77 bits per heavy atom. The van der Waals surface area contributed by atoms with Crippen molar-refractivity contribution in [3.8, 4) is 0 Å².